The molecule has 1 aromatic rings. The van der Waals surface area contributed by atoms with Gasteiger partial charge in [-0.15, -0.1) is 0 Å². The molecule has 0 heterocycles. The summed E-state index contributed by atoms with van der Waals surface area (Å²) in [6, 6.07) is 4.86. The van der Waals surface area contributed by atoms with Gasteiger partial charge in [-0.1, -0.05) is 18.5 Å². The first-order chi connectivity index (χ1) is 9.88. The van der Waals surface area contributed by atoms with Crippen LogP contribution in [0.2, 0.25) is 5.02 Å². The summed E-state index contributed by atoms with van der Waals surface area (Å²) in [7, 11) is 1.47. The number of hydrogen-bond acceptors (Lipinski definition) is 4. The van der Waals surface area contributed by atoms with Crippen LogP contribution in [-0.2, 0) is 20.7 Å². The number of benzene rings is 1. The third-order valence-electron chi connectivity index (χ3n) is 3.14. The number of methoxy groups -OCH3 is 1. The van der Waals surface area contributed by atoms with Crippen LogP contribution in [-0.4, -0.2) is 30.3 Å². The number of aliphatic carboxylic acids is 1. The van der Waals surface area contributed by atoms with Crippen molar-refractivity contribution in [2.24, 2.45) is 5.92 Å². The van der Waals surface area contributed by atoms with E-state index in [1.807, 2.05) is 6.92 Å². The van der Waals surface area contributed by atoms with Crippen LogP contribution >= 0.6 is 11.6 Å². The van der Waals surface area contributed by atoms with E-state index in [2.05, 4.69) is 0 Å². The predicted octanol–water partition coefficient (Wildman–Crippen LogP) is 2.93. The molecule has 1 N–H and O–H groups in total. The fourth-order valence-corrected chi connectivity index (χ4v) is 1.96. The molecule has 0 aromatic heterocycles. The van der Waals surface area contributed by atoms with Gasteiger partial charge >= 0.3 is 11.9 Å². The second-order valence-electron chi connectivity index (χ2n) is 4.71. The van der Waals surface area contributed by atoms with E-state index in [1.165, 1.54) is 7.11 Å². The molecule has 0 fully saturated rings. The smallest absolute Gasteiger partial charge is 0.320 e. The lowest BCUT2D eigenvalue weighted by Crippen LogP contribution is -2.30. The normalized spacial score (nSPS) is 13.3. The lowest BCUT2D eigenvalue weighted by molar-refractivity contribution is -0.161. The van der Waals surface area contributed by atoms with E-state index >= 15 is 0 Å². The first-order valence-electron chi connectivity index (χ1n) is 6.64. The van der Waals surface area contributed by atoms with Gasteiger partial charge in [-0.2, -0.15) is 0 Å². The van der Waals surface area contributed by atoms with Crippen molar-refractivity contribution in [3.63, 3.8) is 0 Å². The second kappa shape index (κ2) is 7.88. The minimum Gasteiger partial charge on any atom is -0.496 e. The molecule has 0 bridgehead atoms. The zero-order valence-electron chi connectivity index (χ0n) is 12.3. The first kappa shape index (κ1) is 17.3. The number of esters is 1. The average molecular weight is 315 g/mol. The van der Waals surface area contributed by atoms with Gasteiger partial charge in [0.25, 0.3) is 0 Å². The van der Waals surface area contributed by atoms with Crippen molar-refractivity contribution in [2.75, 3.05) is 7.11 Å². The highest BCUT2D eigenvalue weighted by Gasteiger charge is 2.30. The van der Waals surface area contributed by atoms with Crippen LogP contribution in [0.4, 0.5) is 0 Å². The number of carboxylic acids is 1. The highest BCUT2D eigenvalue weighted by Crippen LogP contribution is 2.26. The number of carbonyl (C=O) groups excluding carboxylic acids is 1. The first-order valence-corrected chi connectivity index (χ1v) is 7.02. The van der Waals surface area contributed by atoms with Crippen LogP contribution in [0.1, 0.15) is 25.8 Å². The minimum atomic E-state index is -1.29. The fraction of sp³-hybridized carbons (Fsp3) is 0.467. The molecule has 21 heavy (non-hydrogen) atoms. The van der Waals surface area contributed by atoms with Crippen molar-refractivity contribution in [2.45, 2.75) is 32.8 Å². The van der Waals surface area contributed by atoms with Crippen LogP contribution in [0.3, 0.4) is 0 Å². The Labute approximate surface area is 128 Å². The Bertz CT molecular complexity index is 515. The summed E-state index contributed by atoms with van der Waals surface area (Å²) in [5.74, 6) is -2.78. The standard InChI is InChI=1S/C15H19ClO5/c1-4-9(2)21-15(19)12(14(17)18)8-10-7-11(16)5-6-13(10)20-3/h5-7,9,12H,4,8H2,1-3H3,(H,17,18). The molecular formula is C15H19ClO5. The quantitative estimate of drug-likeness (QED) is 0.619. The molecule has 0 amide bonds. The molecule has 6 heteroatoms. The maximum Gasteiger partial charge on any atom is 0.320 e. The summed E-state index contributed by atoms with van der Waals surface area (Å²) in [5.41, 5.74) is 0.554. The fourth-order valence-electron chi connectivity index (χ4n) is 1.76. The highest BCUT2D eigenvalue weighted by atomic mass is 35.5. The summed E-state index contributed by atoms with van der Waals surface area (Å²) in [6.45, 7) is 3.57. The Balaban J connectivity index is 2.96. The van der Waals surface area contributed by atoms with Gasteiger partial charge in [-0.3, -0.25) is 9.59 Å². The minimum absolute atomic E-state index is 0.0334. The van der Waals surface area contributed by atoms with E-state index in [9.17, 15) is 14.7 Å². The molecule has 5 nitrogen and oxygen atoms in total. The number of hydrogen-bond donors (Lipinski definition) is 1. The van der Waals surface area contributed by atoms with Gasteiger partial charge in [0.2, 0.25) is 0 Å². The summed E-state index contributed by atoms with van der Waals surface area (Å²) >= 11 is 5.90. The van der Waals surface area contributed by atoms with Crippen LogP contribution in [0.15, 0.2) is 18.2 Å². The van der Waals surface area contributed by atoms with Crippen molar-refractivity contribution in [1.29, 1.82) is 0 Å². The van der Waals surface area contributed by atoms with Gasteiger partial charge in [0.15, 0.2) is 5.92 Å². The molecule has 0 spiro atoms. The third kappa shape index (κ3) is 4.93. The third-order valence-corrected chi connectivity index (χ3v) is 3.38. The molecule has 2 unspecified atom stereocenters. The summed E-state index contributed by atoms with van der Waals surface area (Å²) in [5, 5.41) is 9.70. The van der Waals surface area contributed by atoms with E-state index in [4.69, 9.17) is 21.1 Å². The van der Waals surface area contributed by atoms with Crippen molar-refractivity contribution in [3.05, 3.63) is 28.8 Å². The molecule has 116 valence electrons. The molecule has 0 aliphatic heterocycles. The number of ether oxygens (including phenoxy) is 2. The Hall–Kier alpha value is -1.75. The number of carbonyl (C=O) groups is 2. The Morgan fingerprint density at radius 2 is 2.05 bits per heavy atom. The highest BCUT2D eigenvalue weighted by molar-refractivity contribution is 6.30. The van der Waals surface area contributed by atoms with Crippen LogP contribution in [0.5, 0.6) is 5.75 Å². The molecule has 0 aliphatic carbocycles. The van der Waals surface area contributed by atoms with E-state index in [0.29, 0.717) is 22.8 Å². The molecule has 0 saturated carbocycles. The largest absolute Gasteiger partial charge is 0.496 e. The van der Waals surface area contributed by atoms with Gasteiger partial charge in [0, 0.05) is 11.4 Å². The topological polar surface area (TPSA) is 72.8 Å². The Morgan fingerprint density at radius 3 is 2.57 bits per heavy atom. The van der Waals surface area contributed by atoms with Crippen molar-refractivity contribution in [1.82, 2.24) is 0 Å². The van der Waals surface area contributed by atoms with E-state index in [1.54, 1.807) is 25.1 Å². The van der Waals surface area contributed by atoms with Crippen LogP contribution in [0.25, 0.3) is 0 Å². The van der Waals surface area contributed by atoms with E-state index < -0.39 is 17.9 Å². The maximum atomic E-state index is 12.0. The van der Waals surface area contributed by atoms with E-state index in [-0.39, 0.29) is 12.5 Å². The van der Waals surface area contributed by atoms with Crippen molar-refractivity contribution in [3.8, 4) is 5.75 Å². The Kier molecular flexibility index (Phi) is 6.49. The number of carboxylic acid groups (broad SMARTS) is 1. The number of halogens is 1. The van der Waals surface area contributed by atoms with Gasteiger partial charge in [-0.25, -0.2) is 0 Å². The molecular weight excluding hydrogens is 296 g/mol. The lowest BCUT2D eigenvalue weighted by atomic mass is 9.98. The molecule has 0 radical (unpaired) electrons. The monoisotopic (exact) mass is 314 g/mol. The van der Waals surface area contributed by atoms with Crippen molar-refractivity contribution < 1.29 is 24.2 Å². The second-order valence-corrected chi connectivity index (χ2v) is 5.14. The molecule has 0 saturated heterocycles. The molecule has 1 aromatic carbocycles. The molecule has 2 atom stereocenters. The zero-order chi connectivity index (χ0) is 16.0. The lowest BCUT2D eigenvalue weighted by Gasteiger charge is -2.17. The maximum absolute atomic E-state index is 12.0. The van der Waals surface area contributed by atoms with Crippen LogP contribution in [0, 0.1) is 5.92 Å². The molecule has 0 aliphatic rings. The van der Waals surface area contributed by atoms with Gasteiger partial charge < -0.3 is 14.6 Å². The van der Waals surface area contributed by atoms with Gasteiger partial charge in [0.1, 0.15) is 5.75 Å². The van der Waals surface area contributed by atoms with Crippen molar-refractivity contribution >= 4 is 23.5 Å². The Morgan fingerprint density at radius 1 is 1.38 bits per heavy atom. The summed E-state index contributed by atoms with van der Waals surface area (Å²) in [6.07, 6.45) is 0.271. The SMILES string of the molecule is CCC(C)OC(=O)C(Cc1cc(Cl)ccc1OC)C(=O)O. The van der Waals surface area contributed by atoms with Gasteiger partial charge in [-0.05, 0) is 37.1 Å². The molecule has 1 rings (SSSR count). The van der Waals surface area contributed by atoms with Gasteiger partial charge in [0.05, 0.1) is 13.2 Å². The predicted molar refractivity (Wildman–Crippen MR) is 78.7 cm³/mol. The summed E-state index contributed by atoms with van der Waals surface area (Å²) < 4.78 is 10.3. The number of rotatable bonds is 7. The zero-order valence-corrected chi connectivity index (χ0v) is 13.0. The average Bonchev–Trinajstić information content (AvgIpc) is 2.44. The summed E-state index contributed by atoms with van der Waals surface area (Å²) in [4.78, 5) is 23.3. The van der Waals surface area contributed by atoms with E-state index in [0.717, 1.165) is 0 Å². The van der Waals surface area contributed by atoms with Crippen LogP contribution < -0.4 is 4.74 Å².